The van der Waals surface area contributed by atoms with Crippen LogP contribution in [0, 0.1) is 34.0 Å². The fraction of sp³-hybridized carbons (Fsp3) is 0.182. The van der Waals surface area contributed by atoms with Crippen LogP contribution in [0.4, 0.5) is 5.69 Å². The molecule has 0 saturated heterocycles. The predicted molar refractivity (Wildman–Crippen MR) is 62.3 cm³/mol. The van der Waals surface area contributed by atoms with Crippen molar-refractivity contribution in [3.8, 4) is 18.2 Å². The Morgan fingerprint density at radius 3 is 2.25 bits per heavy atom. The molecule has 4 nitrogen and oxygen atoms in total. The topological polar surface area (TPSA) is 74.6 Å². The molecule has 1 aromatic carbocycles. The third-order valence-corrected chi connectivity index (χ3v) is 2.63. The SMILES string of the molecule is N#CCN(CC#N)c1cccc(Br)c1C#N. The van der Waals surface area contributed by atoms with Gasteiger partial charge in [0, 0.05) is 4.47 Å². The van der Waals surface area contributed by atoms with E-state index in [-0.39, 0.29) is 13.1 Å². The second-order valence-electron chi connectivity index (χ2n) is 2.92. The number of halogens is 1. The molecule has 0 aliphatic carbocycles. The molecule has 16 heavy (non-hydrogen) atoms. The molecule has 0 fully saturated rings. The number of hydrogen-bond donors (Lipinski definition) is 0. The lowest BCUT2D eigenvalue weighted by Crippen LogP contribution is -2.24. The van der Waals surface area contributed by atoms with Crippen LogP contribution in [0.3, 0.4) is 0 Å². The van der Waals surface area contributed by atoms with E-state index in [0.717, 1.165) is 0 Å². The van der Waals surface area contributed by atoms with Gasteiger partial charge < -0.3 is 4.90 Å². The summed E-state index contributed by atoms with van der Waals surface area (Å²) in [4.78, 5) is 1.56. The Morgan fingerprint density at radius 1 is 1.12 bits per heavy atom. The Morgan fingerprint density at radius 2 is 1.75 bits per heavy atom. The van der Waals surface area contributed by atoms with Crippen molar-refractivity contribution in [1.29, 1.82) is 15.8 Å². The molecular formula is C11H7BrN4. The van der Waals surface area contributed by atoms with Gasteiger partial charge in [0.1, 0.15) is 19.2 Å². The van der Waals surface area contributed by atoms with E-state index in [0.29, 0.717) is 15.7 Å². The van der Waals surface area contributed by atoms with Crippen LogP contribution in [0.2, 0.25) is 0 Å². The number of rotatable bonds is 3. The monoisotopic (exact) mass is 274 g/mol. The summed E-state index contributed by atoms with van der Waals surface area (Å²) in [7, 11) is 0. The molecule has 0 N–H and O–H groups in total. The van der Waals surface area contributed by atoms with Gasteiger partial charge >= 0.3 is 0 Å². The highest BCUT2D eigenvalue weighted by Gasteiger charge is 2.12. The molecule has 0 amide bonds. The molecule has 0 saturated carbocycles. The van der Waals surface area contributed by atoms with Crippen molar-refractivity contribution in [3.05, 3.63) is 28.2 Å². The van der Waals surface area contributed by atoms with Gasteiger partial charge in [-0.05, 0) is 28.1 Å². The van der Waals surface area contributed by atoms with Crippen molar-refractivity contribution in [1.82, 2.24) is 0 Å². The van der Waals surface area contributed by atoms with E-state index < -0.39 is 0 Å². The summed E-state index contributed by atoms with van der Waals surface area (Å²) < 4.78 is 0.661. The average molecular weight is 275 g/mol. The van der Waals surface area contributed by atoms with Crippen LogP contribution in [0.25, 0.3) is 0 Å². The molecule has 0 aliphatic rings. The molecule has 0 radical (unpaired) electrons. The lowest BCUT2D eigenvalue weighted by molar-refractivity contribution is 0.963. The third kappa shape index (κ3) is 2.51. The van der Waals surface area contributed by atoms with Crippen molar-refractivity contribution in [2.45, 2.75) is 0 Å². The minimum absolute atomic E-state index is 0.0820. The molecule has 0 aromatic heterocycles. The first-order valence-corrected chi connectivity index (χ1v) is 5.21. The third-order valence-electron chi connectivity index (χ3n) is 1.97. The molecule has 1 rings (SSSR count). The standard InChI is InChI=1S/C11H7BrN4/c12-10-2-1-3-11(9(10)8-15)16(6-4-13)7-5-14/h1-3H,6-7H2. The Hall–Kier alpha value is -2.03. The Labute approximate surface area is 102 Å². The van der Waals surface area contributed by atoms with Gasteiger partial charge in [0.2, 0.25) is 0 Å². The maximum absolute atomic E-state index is 9.01. The van der Waals surface area contributed by atoms with Crippen LogP contribution in [0.1, 0.15) is 5.56 Å². The molecule has 0 atom stereocenters. The van der Waals surface area contributed by atoms with Crippen LogP contribution in [0.15, 0.2) is 22.7 Å². The molecule has 78 valence electrons. The molecule has 0 heterocycles. The summed E-state index contributed by atoms with van der Waals surface area (Å²) in [6, 6.07) is 11.2. The number of nitriles is 3. The summed E-state index contributed by atoms with van der Waals surface area (Å²) in [6.07, 6.45) is 0. The molecule has 0 spiro atoms. The van der Waals surface area contributed by atoms with Crippen molar-refractivity contribution >= 4 is 21.6 Å². The van der Waals surface area contributed by atoms with Crippen molar-refractivity contribution < 1.29 is 0 Å². The van der Waals surface area contributed by atoms with E-state index in [9.17, 15) is 0 Å². The molecule has 0 aliphatic heterocycles. The largest absolute Gasteiger partial charge is 0.344 e. The highest BCUT2D eigenvalue weighted by Crippen LogP contribution is 2.26. The van der Waals surface area contributed by atoms with Gasteiger partial charge in [-0.1, -0.05) is 6.07 Å². The first kappa shape index (κ1) is 12.0. The predicted octanol–water partition coefficient (Wildman–Crippen LogP) is 2.17. The van der Waals surface area contributed by atoms with Gasteiger partial charge in [0.05, 0.1) is 23.4 Å². The minimum Gasteiger partial charge on any atom is -0.344 e. The summed E-state index contributed by atoms with van der Waals surface area (Å²) in [5.74, 6) is 0. The van der Waals surface area contributed by atoms with Gasteiger partial charge in [0.15, 0.2) is 0 Å². The summed E-state index contributed by atoms with van der Waals surface area (Å²) in [5, 5.41) is 26.3. The molecular weight excluding hydrogens is 268 g/mol. The molecule has 1 aromatic rings. The summed E-state index contributed by atoms with van der Waals surface area (Å²) in [5.41, 5.74) is 1.04. The van der Waals surface area contributed by atoms with E-state index in [1.54, 1.807) is 23.1 Å². The van der Waals surface area contributed by atoms with Crippen LogP contribution in [-0.2, 0) is 0 Å². The fourth-order valence-electron chi connectivity index (χ4n) is 1.28. The zero-order chi connectivity index (χ0) is 12.0. The number of anilines is 1. The number of benzene rings is 1. The van der Waals surface area contributed by atoms with Crippen molar-refractivity contribution in [2.75, 3.05) is 18.0 Å². The Balaban J connectivity index is 3.21. The zero-order valence-corrected chi connectivity index (χ0v) is 9.90. The minimum atomic E-state index is 0.0820. The van der Waals surface area contributed by atoms with Crippen LogP contribution < -0.4 is 4.90 Å². The van der Waals surface area contributed by atoms with Gasteiger partial charge in [-0.3, -0.25) is 0 Å². The second-order valence-corrected chi connectivity index (χ2v) is 3.77. The van der Waals surface area contributed by atoms with E-state index in [1.165, 1.54) is 0 Å². The van der Waals surface area contributed by atoms with Crippen molar-refractivity contribution in [2.24, 2.45) is 0 Å². The first-order chi connectivity index (χ1) is 7.74. The van der Waals surface area contributed by atoms with E-state index in [1.807, 2.05) is 12.1 Å². The fourth-order valence-corrected chi connectivity index (χ4v) is 1.73. The molecule has 5 heteroatoms. The lowest BCUT2D eigenvalue weighted by atomic mass is 10.1. The van der Waals surface area contributed by atoms with Gasteiger partial charge in [-0.2, -0.15) is 15.8 Å². The quantitative estimate of drug-likeness (QED) is 0.792. The van der Waals surface area contributed by atoms with Gasteiger partial charge in [0.25, 0.3) is 0 Å². The Bertz CT molecular complexity index is 488. The molecule has 0 bridgehead atoms. The number of nitrogens with zero attached hydrogens (tertiary/aromatic N) is 4. The normalized spacial score (nSPS) is 8.62. The Kier molecular flexibility index (Phi) is 4.33. The molecule has 0 unspecified atom stereocenters. The highest BCUT2D eigenvalue weighted by atomic mass is 79.9. The zero-order valence-electron chi connectivity index (χ0n) is 8.31. The summed E-state index contributed by atoms with van der Waals surface area (Å²) in [6.45, 7) is 0.164. The van der Waals surface area contributed by atoms with E-state index in [4.69, 9.17) is 15.8 Å². The maximum atomic E-state index is 9.01. The van der Waals surface area contributed by atoms with Crippen LogP contribution in [-0.4, -0.2) is 13.1 Å². The van der Waals surface area contributed by atoms with E-state index >= 15 is 0 Å². The average Bonchev–Trinajstić information content (AvgIpc) is 2.28. The lowest BCUT2D eigenvalue weighted by Gasteiger charge is -2.19. The second kappa shape index (κ2) is 5.75. The summed E-state index contributed by atoms with van der Waals surface area (Å²) >= 11 is 3.26. The van der Waals surface area contributed by atoms with Gasteiger partial charge in [-0.15, -0.1) is 0 Å². The number of hydrogen-bond acceptors (Lipinski definition) is 4. The first-order valence-electron chi connectivity index (χ1n) is 4.42. The van der Waals surface area contributed by atoms with Gasteiger partial charge in [-0.25, -0.2) is 0 Å². The van der Waals surface area contributed by atoms with Crippen molar-refractivity contribution in [3.63, 3.8) is 0 Å². The van der Waals surface area contributed by atoms with Crippen LogP contribution >= 0.6 is 15.9 Å². The van der Waals surface area contributed by atoms with E-state index in [2.05, 4.69) is 22.0 Å². The van der Waals surface area contributed by atoms with Crippen LogP contribution in [0.5, 0.6) is 0 Å². The highest BCUT2D eigenvalue weighted by molar-refractivity contribution is 9.10. The smallest absolute Gasteiger partial charge is 0.107 e. The maximum Gasteiger partial charge on any atom is 0.107 e.